The van der Waals surface area contributed by atoms with E-state index in [1.807, 2.05) is 30.3 Å². The van der Waals surface area contributed by atoms with Gasteiger partial charge in [0.05, 0.1) is 0 Å². The fourth-order valence-corrected chi connectivity index (χ4v) is 2.63. The Bertz CT molecular complexity index is 541. The Labute approximate surface area is 136 Å². The van der Waals surface area contributed by atoms with Crippen molar-refractivity contribution >= 4 is 11.7 Å². The van der Waals surface area contributed by atoms with Crippen molar-refractivity contribution in [3.63, 3.8) is 0 Å². The van der Waals surface area contributed by atoms with Crippen LogP contribution in [0.2, 0.25) is 0 Å². The van der Waals surface area contributed by atoms with Gasteiger partial charge in [0.25, 0.3) is 5.91 Å². The van der Waals surface area contributed by atoms with Gasteiger partial charge in [0.15, 0.2) is 12.4 Å². The highest BCUT2D eigenvalue weighted by atomic mass is 16.6. The molecule has 23 heavy (non-hydrogen) atoms. The summed E-state index contributed by atoms with van der Waals surface area (Å²) in [6.07, 6.45) is 4.91. The maximum absolute atomic E-state index is 11.9. The summed E-state index contributed by atoms with van der Waals surface area (Å²) in [6.45, 7) is 0.0143. The van der Waals surface area contributed by atoms with E-state index in [0.29, 0.717) is 23.6 Å². The predicted octanol–water partition coefficient (Wildman–Crippen LogP) is 1.66. The van der Waals surface area contributed by atoms with E-state index in [1.165, 1.54) is 25.7 Å². The van der Waals surface area contributed by atoms with Crippen LogP contribution in [0.15, 0.2) is 35.5 Å². The molecular weight excluding hydrogens is 294 g/mol. The number of hydrogen-bond donors (Lipinski definition) is 2. The molecule has 0 bridgehead atoms. The largest absolute Gasteiger partial charge is 0.486 e. The number of para-hydroxylation sites is 1. The smallest absolute Gasteiger partial charge is 0.261 e. The van der Waals surface area contributed by atoms with Gasteiger partial charge in [-0.1, -0.05) is 23.4 Å². The molecule has 1 aromatic carbocycles. The zero-order valence-corrected chi connectivity index (χ0v) is 13.1. The SMILES string of the molecule is N/C(COc1ccccc1)=N\OCC(=O)NC(C1CC1)C1CC1. The first-order valence-corrected chi connectivity index (χ1v) is 8.14. The van der Waals surface area contributed by atoms with Gasteiger partial charge < -0.3 is 20.6 Å². The number of nitrogens with one attached hydrogen (secondary N) is 1. The number of nitrogens with zero attached hydrogens (tertiary/aromatic N) is 1. The zero-order chi connectivity index (χ0) is 16.1. The number of rotatable bonds is 9. The molecule has 0 unspecified atom stereocenters. The minimum absolute atomic E-state index is 0.109. The Balaban J connectivity index is 1.35. The lowest BCUT2D eigenvalue weighted by molar-refractivity contribution is -0.126. The molecule has 2 aliphatic carbocycles. The number of nitrogens with two attached hydrogens (primary N) is 1. The molecule has 1 aromatic rings. The average molecular weight is 317 g/mol. The van der Waals surface area contributed by atoms with Gasteiger partial charge >= 0.3 is 0 Å². The third-order valence-corrected chi connectivity index (χ3v) is 4.09. The number of carbonyl (C=O) groups is 1. The number of amidine groups is 1. The van der Waals surface area contributed by atoms with E-state index in [4.69, 9.17) is 15.3 Å². The van der Waals surface area contributed by atoms with Gasteiger partial charge in [-0.05, 0) is 49.7 Å². The standard InChI is InChI=1S/C17H23N3O3/c18-15(10-22-14-4-2-1-3-5-14)20-23-11-16(21)19-17(12-6-7-12)13-8-9-13/h1-5,12-13,17H,6-11H2,(H2,18,20)(H,19,21). The number of carbonyl (C=O) groups excluding carboxylic acids is 1. The predicted molar refractivity (Wildman–Crippen MR) is 86.9 cm³/mol. The summed E-state index contributed by atoms with van der Waals surface area (Å²) >= 11 is 0. The second kappa shape index (κ2) is 7.35. The first kappa shape index (κ1) is 15.6. The number of ether oxygens (including phenoxy) is 1. The molecule has 3 N–H and O–H groups in total. The summed E-state index contributed by atoms with van der Waals surface area (Å²) in [5.41, 5.74) is 5.69. The van der Waals surface area contributed by atoms with Gasteiger partial charge in [-0.3, -0.25) is 4.79 Å². The van der Waals surface area contributed by atoms with Crippen LogP contribution in [0.3, 0.4) is 0 Å². The van der Waals surface area contributed by atoms with Crippen LogP contribution in [-0.2, 0) is 9.63 Å². The van der Waals surface area contributed by atoms with E-state index in [9.17, 15) is 4.79 Å². The molecule has 2 saturated carbocycles. The van der Waals surface area contributed by atoms with Crippen LogP contribution >= 0.6 is 0 Å². The van der Waals surface area contributed by atoms with Gasteiger partial charge in [-0.15, -0.1) is 0 Å². The number of hydrogen-bond acceptors (Lipinski definition) is 4. The van der Waals surface area contributed by atoms with Gasteiger partial charge in [-0.2, -0.15) is 0 Å². The lowest BCUT2D eigenvalue weighted by atomic mass is 10.1. The van der Waals surface area contributed by atoms with Crippen LogP contribution in [0.25, 0.3) is 0 Å². The highest BCUT2D eigenvalue weighted by molar-refractivity contribution is 5.81. The highest BCUT2D eigenvalue weighted by Gasteiger charge is 2.42. The first-order chi connectivity index (χ1) is 11.2. The minimum atomic E-state index is -0.130. The number of benzene rings is 1. The van der Waals surface area contributed by atoms with Crippen LogP contribution in [0.1, 0.15) is 25.7 Å². The third kappa shape index (κ3) is 5.16. The summed E-state index contributed by atoms with van der Waals surface area (Å²) in [7, 11) is 0. The molecule has 3 rings (SSSR count). The van der Waals surface area contributed by atoms with Crippen molar-refractivity contribution < 1.29 is 14.4 Å². The first-order valence-electron chi connectivity index (χ1n) is 8.14. The van der Waals surface area contributed by atoms with E-state index >= 15 is 0 Å². The highest BCUT2D eigenvalue weighted by Crippen LogP contribution is 2.44. The summed E-state index contributed by atoms with van der Waals surface area (Å²) in [5.74, 6) is 2.11. The van der Waals surface area contributed by atoms with Gasteiger partial charge in [0.1, 0.15) is 12.4 Å². The maximum Gasteiger partial charge on any atom is 0.261 e. The van der Waals surface area contributed by atoms with Crippen molar-refractivity contribution in [1.29, 1.82) is 0 Å². The molecule has 6 nitrogen and oxygen atoms in total. The lowest BCUT2D eigenvalue weighted by Gasteiger charge is -2.17. The topological polar surface area (TPSA) is 85.9 Å². The maximum atomic E-state index is 11.9. The molecule has 0 heterocycles. The van der Waals surface area contributed by atoms with Crippen molar-refractivity contribution in [3.8, 4) is 5.75 Å². The van der Waals surface area contributed by atoms with Crippen LogP contribution in [0.5, 0.6) is 5.75 Å². The van der Waals surface area contributed by atoms with Crippen LogP contribution in [0.4, 0.5) is 0 Å². The van der Waals surface area contributed by atoms with Crippen molar-refractivity contribution in [2.24, 2.45) is 22.7 Å². The van der Waals surface area contributed by atoms with E-state index in [-0.39, 0.29) is 25.0 Å². The molecule has 0 saturated heterocycles. The quantitative estimate of drug-likeness (QED) is 0.412. The molecule has 0 radical (unpaired) electrons. The van der Waals surface area contributed by atoms with Crippen LogP contribution in [-0.4, -0.2) is 31.0 Å². The van der Waals surface area contributed by atoms with Crippen LogP contribution < -0.4 is 15.8 Å². The Kier molecular flexibility index (Phi) is 5.00. The zero-order valence-electron chi connectivity index (χ0n) is 13.1. The Hall–Kier alpha value is -2.24. The summed E-state index contributed by atoms with van der Waals surface area (Å²) in [4.78, 5) is 16.9. The molecular formula is C17H23N3O3. The molecule has 0 atom stereocenters. The van der Waals surface area contributed by atoms with E-state index in [2.05, 4.69) is 10.5 Å². The molecule has 2 aliphatic rings. The Morgan fingerprint density at radius 3 is 2.43 bits per heavy atom. The average Bonchev–Trinajstić information content (AvgIpc) is 3.45. The molecule has 1 amide bonds. The third-order valence-electron chi connectivity index (χ3n) is 4.09. The molecule has 0 aromatic heterocycles. The Morgan fingerprint density at radius 1 is 1.17 bits per heavy atom. The summed E-state index contributed by atoms with van der Waals surface area (Å²) < 4.78 is 5.43. The molecule has 6 heteroatoms. The molecule has 0 spiro atoms. The monoisotopic (exact) mass is 317 g/mol. The van der Waals surface area contributed by atoms with Crippen molar-refractivity contribution in [2.75, 3.05) is 13.2 Å². The summed E-state index contributed by atoms with van der Waals surface area (Å²) in [5, 5.41) is 6.78. The second-order valence-electron chi connectivity index (χ2n) is 6.23. The van der Waals surface area contributed by atoms with Gasteiger partial charge in [0.2, 0.25) is 0 Å². The normalized spacial score (nSPS) is 17.9. The number of oxime groups is 1. The fraction of sp³-hybridized carbons (Fsp3) is 0.529. The van der Waals surface area contributed by atoms with Crippen molar-refractivity contribution in [2.45, 2.75) is 31.7 Å². The van der Waals surface area contributed by atoms with Crippen molar-refractivity contribution in [1.82, 2.24) is 5.32 Å². The van der Waals surface area contributed by atoms with Crippen molar-refractivity contribution in [3.05, 3.63) is 30.3 Å². The minimum Gasteiger partial charge on any atom is -0.486 e. The summed E-state index contributed by atoms with van der Waals surface area (Å²) in [6, 6.07) is 9.64. The fourth-order valence-electron chi connectivity index (χ4n) is 2.63. The number of amides is 1. The van der Waals surface area contributed by atoms with E-state index in [0.717, 1.165) is 0 Å². The van der Waals surface area contributed by atoms with E-state index in [1.54, 1.807) is 0 Å². The van der Waals surface area contributed by atoms with Crippen LogP contribution in [0, 0.1) is 11.8 Å². The molecule has 0 aliphatic heterocycles. The molecule has 2 fully saturated rings. The Morgan fingerprint density at radius 2 is 1.83 bits per heavy atom. The van der Waals surface area contributed by atoms with Gasteiger partial charge in [-0.25, -0.2) is 0 Å². The van der Waals surface area contributed by atoms with E-state index < -0.39 is 0 Å². The second-order valence-corrected chi connectivity index (χ2v) is 6.23. The lowest BCUT2D eigenvalue weighted by Crippen LogP contribution is -2.40. The van der Waals surface area contributed by atoms with Gasteiger partial charge in [0, 0.05) is 6.04 Å². The molecule has 124 valence electrons.